The van der Waals surface area contributed by atoms with Gasteiger partial charge < -0.3 is 15.8 Å². The molecule has 6 heteroatoms. The maximum absolute atomic E-state index is 12.0. The largest absolute Gasteiger partial charge is 0.485 e. The Morgan fingerprint density at radius 1 is 1.09 bits per heavy atom. The summed E-state index contributed by atoms with van der Waals surface area (Å²) in [6.07, 6.45) is 0. The second kappa shape index (κ2) is 6.90. The Kier molecular flexibility index (Phi) is 4.73. The van der Waals surface area contributed by atoms with Gasteiger partial charge in [0.1, 0.15) is 5.75 Å². The molecule has 0 atom stereocenters. The minimum absolute atomic E-state index is 0.117. The molecule has 22 heavy (non-hydrogen) atoms. The summed E-state index contributed by atoms with van der Waals surface area (Å²) in [4.78, 5) is 22.7. The lowest BCUT2D eigenvalue weighted by Gasteiger charge is -2.06. The van der Waals surface area contributed by atoms with Crippen LogP contribution in [0.4, 0.5) is 10.5 Å². The molecule has 2 rings (SSSR count). The maximum Gasteiger partial charge on any atom is 0.316 e. The molecule has 0 unspecified atom stereocenters. The fourth-order valence-electron chi connectivity index (χ4n) is 1.74. The van der Waals surface area contributed by atoms with Crippen LogP contribution in [-0.2, 0) is 0 Å². The fourth-order valence-corrected chi connectivity index (χ4v) is 1.74. The quantitative estimate of drug-likeness (QED) is 0.825. The van der Waals surface area contributed by atoms with Gasteiger partial charge in [-0.3, -0.25) is 4.79 Å². The van der Waals surface area contributed by atoms with E-state index in [9.17, 15) is 9.59 Å². The van der Waals surface area contributed by atoms with Gasteiger partial charge in [-0.15, -0.1) is 0 Å². The summed E-state index contributed by atoms with van der Waals surface area (Å²) in [5, 5.41) is 11.1. The number of rotatable bonds is 5. The summed E-state index contributed by atoms with van der Waals surface area (Å²) >= 11 is 0. The van der Waals surface area contributed by atoms with E-state index in [1.165, 1.54) is 0 Å². The van der Waals surface area contributed by atoms with Crippen LogP contribution in [0, 0.1) is 11.3 Å². The smallest absolute Gasteiger partial charge is 0.316 e. The Labute approximate surface area is 127 Å². The molecule has 0 saturated carbocycles. The first-order chi connectivity index (χ1) is 10.6. The number of amides is 2. The van der Waals surface area contributed by atoms with Crippen molar-refractivity contribution in [2.24, 2.45) is 5.73 Å². The summed E-state index contributed by atoms with van der Waals surface area (Å²) in [6.45, 7) is -0.117. The molecule has 0 bridgehead atoms. The number of ether oxygens (including phenoxy) is 1. The van der Waals surface area contributed by atoms with Crippen LogP contribution in [0.2, 0.25) is 0 Å². The van der Waals surface area contributed by atoms with E-state index in [0.29, 0.717) is 22.6 Å². The Balaban J connectivity index is 1.94. The van der Waals surface area contributed by atoms with Gasteiger partial charge >= 0.3 is 6.03 Å². The predicted molar refractivity (Wildman–Crippen MR) is 80.6 cm³/mol. The van der Waals surface area contributed by atoms with Gasteiger partial charge in [-0.05, 0) is 48.5 Å². The highest BCUT2D eigenvalue weighted by Gasteiger charge is 2.07. The summed E-state index contributed by atoms with van der Waals surface area (Å²) in [5.74, 6) is 0.314. The van der Waals surface area contributed by atoms with E-state index in [4.69, 9.17) is 15.7 Å². The number of hydrogen-bond acceptors (Lipinski definition) is 4. The zero-order chi connectivity index (χ0) is 15.9. The highest BCUT2D eigenvalue weighted by Crippen LogP contribution is 2.13. The molecule has 0 aromatic heterocycles. The molecule has 0 aliphatic carbocycles. The Hall–Kier alpha value is -3.33. The van der Waals surface area contributed by atoms with E-state index >= 15 is 0 Å². The fraction of sp³-hybridized carbons (Fsp3) is 0.0625. The number of carbonyl (C=O) groups excluding carboxylic acids is 2. The lowest BCUT2D eigenvalue weighted by Crippen LogP contribution is -2.19. The number of Topliss-reactive ketones (excluding diaryl/α,β-unsaturated/α-hetero) is 1. The van der Waals surface area contributed by atoms with Crippen LogP contribution < -0.4 is 15.8 Å². The molecule has 2 amide bonds. The van der Waals surface area contributed by atoms with Crippen molar-refractivity contribution in [2.75, 3.05) is 11.9 Å². The minimum atomic E-state index is -0.664. The number of primary amides is 1. The summed E-state index contributed by atoms with van der Waals surface area (Å²) in [5.41, 5.74) is 6.50. The monoisotopic (exact) mass is 295 g/mol. The molecule has 0 spiro atoms. The summed E-state index contributed by atoms with van der Waals surface area (Å²) in [6, 6.07) is 14.2. The lowest BCUT2D eigenvalue weighted by atomic mass is 10.1. The third-order valence-electron chi connectivity index (χ3n) is 2.83. The number of hydrogen-bond donors (Lipinski definition) is 2. The molecule has 0 heterocycles. The number of nitrogens with two attached hydrogens (primary N) is 1. The molecule has 0 aliphatic heterocycles. The van der Waals surface area contributed by atoms with E-state index in [1.807, 2.05) is 6.07 Å². The van der Waals surface area contributed by atoms with Gasteiger partial charge in [0.25, 0.3) is 0 Å². The Morgan fingerprint density at radius 3 is 2.27 bits per heavy atom. The van der Waals surface area contributed by atoms with Crippen molar-refractivity contribution in [3.05, 3.63) is 59.7 Å². The number of nitriles is 1. The lowest BCUT2D eigenvalue weighted by molar-refractivity contribution is 0.0921. The first-order valence-electron chi connectivity index (χ1n) is 6.41. The molecule has 110 valence electrons. The third-order valence-corrected chi connectivity index (χ3v) is 2.83. The van der Waals surface area contributed by atoms with Crippen molar-refractivity contribution in [2.45, 2.75) is 0 Å². The van der Waals surface area contributed by atoms with Crippen LogP contribution in [-0.4, -0.2) is 18.4 Å². The molecule has 0 fully saturated rings. The molecule has 3 N–H and O–H groups in total. The number of urea groups is 1. The Bertz CT molecular complexity index is 716. The number of nitrogens with one attached hydrogen (secondary N) is 1. The summed E-state index contributed by atoms with van der Waals surface area (Å²) in [7, 11) is 0. The molecule has 2 aromatic rings. The van der Waals surface area contributed by atoms with Gasteiger partial charge in [0.05, 0.1) is 11.6 Å². The molecule has 2 aromatic carbocycles. The Morgan fingerprint density at radius 2 is 1.73 bits per heavy atom. The molecular weight excluding hydrogens is 282 g/mol. The average molecular weight is 295 g/mol. The highest BCUT2D eigenvalue weighted by atomic mass is 16.5. The van der Waals surface area contributed by atoms with Crippen LogP contribution in [0.25, 0.3) is 0 Å². The van der Waals surface area contributed by atoms with Crippen molar-refractivity contribution in [3.63, 3.8) is 0 Å². The second-order valence-electron chi connectivity index (χ2n) is 4.41. The minimum Gasteiger partial charge on any atom is -0.485 e. The number of anilines is 1. The van der Waals surface area contributed by atoms with Gasteiger partial charge in [0.15, 0.2) is 12.4 Å². The zero-order valence-electron chi connectivity index (χ0n) is 11.6. The normalized spacial score (nSPS) is 9.59. The number of nitrogens with zero attached hydrogens (tertiary/aromatic N) is 1. The molecular formula is C16H13N3O3. The third kappa shape index (κ3) is 4.08. The second-order valence-corrected chi connectivity index (χ2v) is 4.41. The first-order valence-corrected chi connectivity index (χ1v) is 6.41. The van der Waals surface area contributed by atoms with Gasteiger partial charge in [0, 0.05) is 11.3 Å². The topological polar surface area (TPSA) is 105 Å². The summed E-state index contributed by atoms with van der Waals surface area (Å²) < 4.78 is 5.37. The zero-order valence-corrected chi connectivity index (χ0v) is 11.6. The van der Waals surface area contributed by atoms with Crippen LogP contribution >= 0.6 is 0 Å². The maximum atomic E-state index is 12.0. The molecule has 0 saturated heterocycles. The molecule has 0 radical (unpaired) electrons. The number of carbonyl (C=O) groups is 2. The first kappa shape index (κ1) is 15.1. The standard InChI is InChI=1S/C16H13N3O3/c17-9-11-1-7-14(8-2-11)22-10-15(20)12-3-5-13(6-4-12)19-16(18)21/h1-8H,10H2,(H3,18,19,21). The van der Waals surface area contributed by atoms with Crippen LogP contribution in [0.5, 0.6) is 5.75 Å². The number of benzene rings is 2. The van der Waals surface area contributed by atoms with E-state index in [0.717, 1.165) is 0 Å². The van der Waals surface area contributed by atoms with Crippen LogP contribution in [0.1, 0.15) is 15.9 Å². The van der Waals surface area contributed by atoms with Crippen molar-refractivity contribution in [1.29, 1.82) is 5.26 Å². The predicted octanol–water partition coefficient (Wildman–Crippen LogP) is 2.31. The highest BCUT2D eigenvalue weighted by molar-refractivity contribution is 5.98. The van der Waals surface area contributed by atoms with Crippen molar-refractivity contribution < 1.29 is 14.3 Å². The van der Waals surface area contributed by atoms with E-state index < -0.39 is 6.03 Å². The van der Waals surface area contributed by atoms with Gasteiger partial charge in [-0.25, -0.2) is 4.79 Å². The molecule has 6 nitrogen and oxygen atoms in total. The van der Waals surface area contributed by atoms with Crippen LogP contribution in [0.3, 0.4) is 0 Å². The van der Waals surface area contributed by atoms with Gasteiger partial charge in [0.2, 0.25) is 0 Å². The van der Waals surface area contributed by atoms with Crippen molar-refractivity contribution >= 4 is 17.5 Å². The van der Waals surface area contributed by atoms with Crippen molar-refractivity contribution in [1.82, 2.24) is 0 Å². The van der Waals surface area contributed by atoms with Crippen molar-refractivity contribution in [3.8, 4) is 11.8 Å². The number of ketones is 1. The van der Waals surface area contributed by atoms with Crippen LogP contribution in [0.15, 0.2) is 48.5 Å². The SMILES string of the molecule is N#Cc1ccc(OCC(=O)c2ccc(NC(N)=O)cc2)cc1. The average Bonchev–Trinajstić information content (AvgIpc) is 2.53. The van der Waals surface area contributed by atoms with E-state index in [2.05, 4.69) is 5.32 Å². The van der Waals surface area contributed by atoms with E-state index in [-0.39, 0.29) is 12.4 Å². The van der Waals surface area contributed by atoms with Gasteiger partial charge in [-0.2, -0.15) is 5.26 Å². The molecule has 0 aliphatic rings. The van der Waals surface area contributed by atoms with Gasteiger partial charge in [-0.1, -0.05) is 0 Å². The van der Waals surface area contributed by atoms with E-state index in [1.54, 1.807) is 48.5 Å².